The van der Waals surface area contributed by atoms with Gasteiger partial charge >= 0.3 is 0 Å². The van der Waals surface area contributed by atoms with Crippen LogP contribution < -0.4 is 5.32 Å². The average Bonchev–Trinajstić information content (AvgIpc) is 3.14. The van der Waals surface area contributed by atoms with Gasteiger partial charge in [-0.2, -0.15) is 0 Å². The summed E-state index contributed by atoms with van der Waals surface area (Å²) < 4.78 is 0. The minimum atomic E-state index is 0.588. The van der Waals surface area contributed by atoms with Crippen molar-refractivity contribution in [3.05, 3.63) is 52.5 Å². The normalized spacial score (nSPS) is 20.9. The van der Waals surface area contributed by atoms with Crippen LogP contribution in [0, 0.1) is 19.8 Å². The second-order valence-corrected chi connectivity index (χ2v) is 8.22. The van der Waals surface area contributed by atoms with E-state index in [-0.39, 0.29) is 0 Å². The van der Waals surface area contributed by atoms with Crippen molar-refractivity contribution in [1.82, 2.24) is 9.97 Å². The summed E-state index contributed by atoms with van der Waals surface area (Å²) in [5, 5.41) is 7.73. The van der Waals surface area contributed by atoms with Gasteiger partial charge in [0, 0.05) is 11.9 Å². The Kier molecular flexibility index (Phi) is 5.63. The quantitative estimate of drug-likeness (QED) is 0.755. The molecule has 1 N–H and O–H groups in total. The van der Waals surface area contributed by atoms with Crippen molar-refractivity contribution in [2.24, 2.45) is 5.92 Å². The molecule has 1 aliphatic rings. The first-order chi connectivity index (χ1) is 11.6. The first kappa shape index (κ1) is 17.1. The number of thiazole rings is 2. The molecule has 0 fully saturated rings. The third-order valence-corrected chi connectivity index (χ3v) is 5.95. The predicted molar refractivity (Wildman–Crippen MR) is 106 cm³/mol. The first-order valence-corrected chi connectivity index (χ1v) is 9.96. The summed E-state index contributed by atoms with van der Waals surface area (Å²) in [5.41, 5.74) is 3.31. The molecule has 0 aromatic carbocycles. The van der Waals surface area contributed by atoms with E-state index in [0.717, 1.165) is 40.9 Å². The molecule has 3 rings (SSSR count). The summed E-state index contributed by atoms with van der Waals surface area (Å²) in [5.74, 6) is 0.588. The predicted octanol–water partition coefficient (Wildman–Crippen LogP) is 5.76. The number of nitrogens with one attached hydrogen (secondary N) is 1. The van der Waals surface area contributed by atoms with Crippen molar-refractivity contribution in [2.45, 2.75) is 33.1 Å². The van der Waals surface area contributed by atoms with E-state index in [4.69, 9.17) is 4.98 Å². The van der Waals surface area contributed by atoms with Crippen molar-refractivity contribution in [2.75, 3.05) is 11.9 Å². The number of nitrogens with zero attached hydrogens (tertiary/aromatic N) is 2. The number of rotatable bonds is 4. The van der Waals surface area contributed by atoms with Crippen LogP contribution in [0.5, 0.6) is 0 Å². The highest BCUT2D eigenvalue weighted by Crippen LogP contribution is 2.32. The number of aromatic nitrogens is 2. The molecular formula is C19H23N3S2. The van der Waals surface area contributed by atoms with E-state index < -0.39 is 0 Å². The number of allylic oxidation sites excluding steroid dienone is 5. The van der Waals surface area contributed by atoms with Gasteiger partial charge in [-0.25, -0.2) is 9.97 Å². The third-order valence-electron chi connectivity index (χ3n) is 4.05. The molecule has 1 aliphatic carbocycles. The number of hydrogen-bond acceptors (Lipinski definition) is 5. The highest BCUT2D eigenvalue weighted by atomic mass is 32.1. The van der Waals surface area contributed by atoms with Gasteiger partial charge in [0.15, 0.2) is 5.13 Å². The Labute approximate surface area is 151 Å². The van der Waals surface area contributed by atoms with E-state index in [2.05, 4.69) is 53.5 Å². The number of aryl methyl sites for hydroxylation is 2. The fourth-order valence-corrected chi connectivity index (χ4v) is 4.54. The van der Waals surface area contributed by atoms with Gasteiger partial charge in [-0.1, -0.05) is 36.5 Å². The zero-order valence-electron chi connectivity index (χ0n) is 14.2. The monoisotopic (exact) mass is 357 g/mol. The molecule has 0 bridgehead atoms. The molecular weight excluding hydrogens is 334 g/mol. The van der Waals surface area contributed by atoms with Crippen LogP contribution in [0.3, 0.4) is 0 Å². The van der Waals surface area contributed by atoms with Crippen molar-refractivity contribution in [3.63, 3.8) is 0 Å². The molecule has 0 saturated carbocycles. The van der Waals surface area contributed by atoms with Gasteiger partial charge < -0.3 is 5.32 Å². The number of anilines is 1. The molecule has 0 spiro atoms. The van der Waals surface area contributed by atoms with Crippen molar-refractivity contribution in [3.8, 4) is 10.6 Å². The minimum Gasteiger partial charge on any atom is -0.361 e. The highest BCUT2D eigenvalue weighted by Gasteiger charge is 2.13. The molecule has 24 heavy (non-hydrogen) atoms. The lowest BCUT2D eigenvalue weighted by molar-refractivity contribution is 0.515. The zero-order chi connectivity index (χ0) is 16.9. The SMILES string of the molecule is C=C1/C=C\C=C/CCC(CNc2nc(-c3sc(C)nc3C)cs2)C1. The number of hydrogen-bond donors (Lipinski definition) is 1. The van der Waals surface area contributed by atoms with E-state index in [1.807, 2.05) is 6.92 Å². The smallest absolute Gasteiger partial charge is 0.183 e. The van der Waals surface area contributed by atoms with Crippen molar-refractivity contribution in [1.29, 1.82) is 0 Å². The molecule has 126 valence electrons. The second kappa shape index (κ2) is 7.90. The second-order valence-electron chi connectivity index (χ2n) is 6.16. The lowest BCUT2D eigenvalue weighted by atomic mass is 9.95. The molecule has 1 unspecified atom stereocenters. The Balaban J connectivity index is 1.62. The maximum Gasteiger partial charge on any atom is 0.183 e. The Morgan fingerprint density at radius 2 is 2.17 bits per heavy atom. The Morgan fingerprint density at radius 3 is 2.96 bits per heavy atom. The first-order valence-electron chi connectivity index (χ1n) is 8.26. The van der Waals surface area contributed by atoms with E-state index >= 15 is 0 Å². The lowest BCUT2D eigenvalue weighted by Crippen LogP contribution is -2.14. The van der Waals surface area contributed by atoms with Crippen LogP contribution >= 0.6 is 22.7 Å². The van der Waals surface area contributed by atoms with E-state index in [1.54, 1.807) is 22.7 Å². The molecule has 0 saturated heterocycles. The molecule has 3 nitrogen and oxygen atoms in total. The molecule has 0 radical (unpaired) electrons. The summed E-state index contributed by atoms with van der Waals surface area (Å²) >= 11 is 3.38. The maximum absolute atomic E-state index is 4.75. The van der Waals surface area contributed by atoms with Crippen LogP contribution in [0.1, 0.15) is 30.0 Å². The van der Waals surface area contributed by atoms with Crippen LogP contribution in [0.2, 0.25) is 0 Å². The van der Waals surface area contributed by atoms with Gasteiger partial charge in [-0.15, -0.1) is 22.7 Å². The molecule has 2 aromatic heterocycles. The summed E-state index contributed by atoms with van der Waals surface area (Å²) in [6.45, 7) is 9.18. The minimum absolute atomic E-state index is 0.588. The van der Waals surface area contributed by atoms with Gasteiger partial charge in [-0.05, 0) is 39.0 Å². The van der Waals surface area contributed by atoms with Crippen molar-refractivity contribution >= 4 is 27.8 Å². The van der Waals surface area contributed by atoms with Crippen molar-refractivity contribution < 1.29 is 0 Å². The van der Waals surface area contributed by atoms with Gasteiger partial charge in [0.1, 0.15) is 0 Å². The fraction of sp³-hybridized carbons (Fsp3) is 0.368. The average molecular weight is 358 g/mol. The Bertz CT molecular complexity index is 767. The third kappa shape index (κ3) is 4.42. The molecule has 5 heteroatoms. The van der Waals surface area contributed by atoms with Crippen LogP contribution in [0.4, 0.5) is 5.13 Å². The van der Waals surface area contributed by atoms with Gasteiger partial charge in [0.2, 0.25) is 0 Å². The van der Waals surface area contributed by atoms with Gasteiger partial charge in [0.05, 0.1) is 21.3 Å². The molecule has 1 atom stereocenters. The summed E-state index contributed by atoms with van der Waals surface area (Å²) in [6, 6.07) is 0. The Morgan fingerprint density at radius 1 is 1.29 bits per heavy atom. The topological polar surface area (TPSA) is 37.8 Å². The van der Waals surface area contributed by atoms with Crippen LogP contribution in [0.15, 0.2) is 41.8 Å². The van der Waals surface area contributed by atoms with E-state index in [9.17, 15) is 0 Å². The van der Waals surface area contributed by atoms with Crippen LogP contribution in [0.25, 0.3) is 10.6 Å². The van der Waals surface area contributed by atoms with Crippen LogP contribution in [-0.2, 0) is 0 Å². The fourth-order valence-electron chi connectivity index (χ4n) is 2.87. The maximum atomic E-state index is 4.75. The molecule has 0 aliphatic heterocycles. The Hall–Kier alpha value is -1.72. The summed E-state index contributed by atoms with van der Waals surface area (Å²) in [6.07, 6.45) is 11.9. The highest BCUT2D eigenvalue weighted by molar-refractivity contribution is 7.16. The molecule has 2 heterocycles. The zero-order valence-corrected chi connectivity index (χ0v) is 15.8. The molecule has 0 amide bonds. The van der Waals surface area contributed by atoms with Crippen LogP contribution in [-0.4, -0.2) is 16.5 Å². The van der Waals surface area contributed by atoms with Gasteiger partial charge in [-0.3, -0.25) is 0 Å². The molecule has 2 aromatic rings. The summed E-state index contributed by atoms with van der Waals surface area (Å²) in [4.78, 5) is 10.4. The lowest BCUT2D eigenvalue weighted by Gasteiger charge is -2.16. The summed E-state index contributed by atoms with van der Waals surface area (Å²) in [7, 11) is 0. The van der Waals surface area contributed by atoms with Gasteiger partial charge in [0.25, 0.3) is 0 Å². The largest absolute Gasteiger partial charge is 0.361 e. The van der Waals surface area contributed by atoms with E-state index in [1.165, 1.54) is 16.9 Å². The standard InChI is InChI=1S/C19H23N3S2/c1-13-8-6-4-5-7-9-16(10-13)11-20-19-22-17(12-23-19)18-14(2)21-15(3)24-18/h4-6,8,12,16H,1,7,9-11H2,2-3H3,(H,20,22)/b5-4-,8-6-. The van der Waals surface area contributed by atoms with E-state index in [0.29, 0.717) is 5.92 Å².